The van der Waals surface area contributed by atoms with E-state index in [9.17, 15) is 0 Å². The van der Waals surface area contributed by atoms with Crippen molar-refractivity contribution in [1.29, 1.82) is 0 Å². The first kappa shape index (κ1) is 6.86. The predicted octanol–water partition coefficient (Wildman–Crippen LogP) is 3.48. The highest BCUT2D eigenvalue weighted by atomic mass is 32.1. The van der Waals surface area contributed by atoms with Crippen LogP contribution in [0.1, 0.15) is 18.2 Å². The van der Waals surface area contributed by atoms with Gasteiger partial charge in [0, 0.05) is 4.88 Å². The van der Waals surface area contributed by atoms with Gasteiger partial charge in [0.15, 0.2) is 0 Å². The van der Waals surface area contributed by atoms with Gasteiger partial charge < -0.3 is 0 Å². The number of rotatable bonds is 1. The molecule has 0 radical (unpaired) electrons. The molecule has 0 atom stereocenters. The Kier molecular flexibility index (Phi) is 1.66. The standard InChI is InChI=1S/C10H10S/c1-8-4-2-5-9(8)10-6-3-7-11-10/h3-7H,2H2,1H3. The summed E-state index contributed by atoms with van der Waals surface area (Å²) in [4.78, 5) is 1.40. The van der Waals surface area contributed by atoms with Crippen molar-refractivity contribution in [3.8, 4) is 0 Å². The molecule has 1 aliphatic rings. The van der Waals surface area contributed by atoms with Crippen LogP contribution in [-0.4, -0.2) is 0 Å². The van der Waals surface area contributed by atoms with Gasteiger partial charge in [-0.15, -0.1) is 11.3 Å². The molecule has 0 saturated carbocycles. The molecule has 0 aromatic carbocycles. The second-order valence-corrected chi connectivity index (χ2v) is 3.67. The van der Waals surface area contributed by atoms with Crippen LogP contribution in [-0.2, 0) is 0 Å². The molecule has 1 aliphatic carbocycles. The zero-order valence-corrected chi connectivity index (χ0v) is 7.32. The Morgan fingerprint density at radius 3 is 2.82 bits per heavy atom. The van der Waals surface area contributed by atoms with E-state index >= 15 is 0 Å². The monoisotopic (exact) mass is 162 g/mol. The minimum absolute atomic E-state index is 1.11. The summed E-state index contributed by atoms with van der Waals surface area (Å²) in [6, 6.07) is 4.28. The summed E-state index contributed by atoms with van der Waals surface area (Å²) >= 11 is 1.81. The van der Waals surface area contributed by atoms with E-state index in [-0.39, 0.29) is 0 Å². The Balaban J connectivity index is 2.38. The number of allylic oxidation sites excluding steroid dienone is 4. The molecular formula is C10H10S. The molecule has 0 amide bonds. The molecule has 0 N–H and O–H groups in total. The van der Waals surface area contributed by atoms with Crippen LogP contribution in [0.2, 0.25) is 0 Å². The second kappa shape index (κ2) is 2.67. The molecule has 0 spiro atoms. The summed E-state index contributed by atoms with van der Waals surface area (Å²) in [5.41, 5.74) is 2.85. The molecule has 0 fully saturated rings. The van der Waals surface area contributed by atoms with Crippen molar-refractivity contribution in [3.63, 3.8) is 0 Å². The number of thiophene rings is 1. The molecule has 1 aromatic rings. The lowest BCUT2D eigenvalue weighted by Crippen LogP contribution is -1.75. The Morgan fingerprint density at radius 2 is 2.27 bits per heavy atom. The zero-order valence-electron chi connectivity index (χ0n) is 6.50. The maximum Gasteiger partial charge on any atom is 0.0342 e. The van der Waals surface area contributed by atoms with E-state index in [1.54, 1.807) is 0 Å². The molecule has 11 heavy (non-hydrogen) atoms. The Bertz CT molecular complexity index is 302. The SMILES string of the molecule is CC1=CCC=C1c1cccs1. The molecule has 2 rings (SSSR count). The Labute approximate surface area is 70.9 Å². The first-order chi connectivity index (χ1) is 5.38. The van der Waals surface area contributed by atoms with Crippen LogP contribution in [0.25, 0.3) is 5.57 Å². The van der Waals surface area contributed by atoms with Crippen molar-refractivity contribution in [2.24, 2.45) is 0 Å². The van der Waals surface area contributed by atoms with Crippen molar-refractivity contribution in [3.05, 3.63) is 40.1 Å². The first-order valence-electron chi connectivity index (χ1n) is 3.79. The topological polar surface area (TPSA) is 0 Å². The molecule has 0 nitrogen and oxygen atoms in total. The lowest BCUT2D eigenvalue weighted by atomic mass is 10.1. The van der Waals surface area contributed by atoms with Crippen LogP contribution in [0.4, 0.5) is 0 Å². The summed E-state index contributed by atoms with van der Waals surface area (Å²) in [5.74, 6) is 0. The number of hydrogen-bond donors (Lipinski definition) is 0. The minimum atomic E-state index is 1.11. The highest BCUT2D eigenvalue weighted by Gasteiger charge is 2.07. The first-order valence-corrected chi connectivity index (χ1v) is 4.67. The van der Waals surface area contributed by atoms with E-state index in [4.69, 9.17) is 0 Å². The third kappa shape index (κ3) is 1.16. The van der Waals surface area contributed by atoms with Gasteiger partial charge in [0.2, 0.25) is 0 Å². The van der Waals surface area contributed by atoms with Gasteiger partial charge in [0.1, 0.15) is 0 Å². The summed E-state index contributed by atoms with van der Waals surface area (Å²) in [6.07, 6.45) is 5.68. The van der Waals surface area contributed by atoms with Gasteiger partial charge in [-0.1, -0.05) is 18.2 Å². The van der Waals surface area contributed by atoms with Gasteiger partial charge in [-0.05, 0) is 35.9 Å². The maximum absolute atomic E-state index is 2.29. The van der Waals surface area contributed by atoms with Crippen molar-refractivity contribution in [1.82, 2.24) is 0 Å². The Morgan fingerprint density at radius 1 is 1.36 bits per heavy atom. The van der Waals surface area contributed by atoms with Crippen LogP contribution in [0.15, 0.2) is 35.2 Å². The second-order valence-electron chi connectivity index (χ2n) is 2.72. The van der Waals surface area contributed by atoms with Gasteiger partial charge in [-0.25, -0.2) is 0 Å². The summed E-state index contributed by atoms with van der Waals surface area (Å²) in [6.45, 7) is 2.18. The summed E-state index contributed by atoms with van der Waals surface area (Å²) < 4.78 is 0. The molecule has 0 unspecified atom stereocenters. The highest BCUT2D eigenvalue weighted by molar-refractivity contribution is 7.11. The van der Waals surface area contributed by atoms with E-state index in [1.165, 1.54) is 16.0 Å². The Hall–Kier alpha value is -0.820. The van der Waals surface area contributed by atoms with Gasteiger partial charge in [-0.2, -0.15) is 0 Å². The summed E-state index contributed by atoms with van der Waals surface area (Å²) in [7, 11) is 0. The fraction of sp³-hybridized carbons (Fsp3) is 0.200. The molecule has 1 heteroatoms. The lowest BCUT2D eigenvalue weighted by Gasteiger charge is -1.98. The molecule has 0 bridgehead atoms. The zero-order chi connectivity index (χ0) is 7.68. The van der Waals surface area contributed by atoms with E-state index in [2.05, 4.69) is 36.6 Å². The highest BCUT2D eigenvalue weighted by Crippen LogP contribution is 2.31. The van der Waals surface area contributed by atoms with Crippen molar-refractivity contribution in [2.45, 2.75) is 13.3 Å². The van der Waals surface area contributed by atoms with Crippen LogP contribution in [0, 0.1) is 0 Å². The molecule has 0 saturated heterocycles. The predicted molar refractivity (Wildman–Crippen MR) is 50.7 cm³/mol. The lowest BCUT2D eigenvalue weighted by molar-refractivity contribution is 1.42. The molecule has 1 heterocycles. The summed E-state index contributed by atoms with van der Waals surface area (Å²) in [5, 5.41) is 2.13. The fourth-order valence-electron chi connectivity index (χ4n) is 1.35. The smallest absolute Gasteiger partial charge is 0.0342 e. The van der Waals surface area contributed by atoms with Crippen LogP contribution in [0.5, 0.6) is 0 Å². The van der Waals surface area contributed by atoms with Gasteiger partial charge >= 0.3 is 0 Å². The third-order valence-electron chi connectivity index (χ3n) is 1.96. The molecular weight excluding hydrogens is 152 g/mol. The average molecular weight is 162 g/mol. The normalized spacial score (nSPS) is 16.5. The van der Waals surface area contributed by atoms with Gasteiger partial charge in [0.25, 0.3) is 0 Å². The van der Waals surface area contributed by atoms with E-state index in [1.807, 2.05) is 11.3 Å². The van der Waals surface area contributed by atoms with Crippen molar-refractivity contribution >= 4 is 16.9 Å². The molecule has 1 aromatic heterocycles. The van der Waals surface area contributed by atoms with E-state index < -0.39 is 0 Å². The van der Waals surface area contributed by atoms with E-state index in [0.717, 1.165) is 6.42 Å². The van der Waals surface area contributed by atoms with Crippen molar-refractivity contribution < 1.29 is 0 Å². The maximum atomic E-state index is 2.29. The van der Waals surface area contributed by atoms with Gasteiger partial charge in [-0.3, -0.25) is 0 Å². The molecule has 56 valence electrons. The minimum Gasteiger partial charge on any atom is -0.144 e. The fourth-order valence-corrected chi connectivity index (χ4v) is 2.18. The van der Waals surface area contributed by atoms with Crippen LogP contribution >= 0.6 is 11.3 Å². The van der Waals surface area contributed by atoms with Crippen LogP contribution < -0.4 is 0 Å². The molecule has 0 aliphatic heterocycles. The largest absolute Gasteiger partial charge is 0.144 e. The number of hydrogen-bond acceptors (Lipinski definition) is 1. The van der Waals surface area contributed by atoms with E-state index in [0.29, 0.717) is 0 Å². The van der Waals surface area contributed by atoms with Crippen LogP contribution in [0.3, 0.4) is 0 Å². The van der Waals surface area contributed by atoms with Crippen molar-refractivity contribution in [2.75, 3.05) is 0 Å². The quantitative estimate of drug-likeness (QED) is 0.593. The third-order valence-corrected chi connectivity index (χ3v) is 2.86. The average Bonchev–Trinajstić information content (AvgIpc) is 2.55. The van der Waals surface area contributed by atoms with Gasteiger partial charge in [0.05, 0.1) is 0 Å².